The van der Waals surface area contributed by atoms with E-state index in [-0.39, 0.29) is 28.3 Å². The molecule has 0 radical (unpaired) electrons. The third-order valence-corrected chi connectivity index (χ3v) is 8.87. The van der Waals surface area contributed by atoms with E-state index >= 15 is 0 Å². The van der Waals surface area contributed by atoms with E-state index in [4.69, 9.17) is 0 Å². The monoisotopic (exact) mass is 455 g/mol. The minimum Gasteiger partial charge on any atom is -0.465 e. The van der Waals surface area contributed by atoms with E-state index in [2.05, 4.69) is 10.1 Å². The molecule has 1 amide bonds. The maximum Gasteiger partial charge on any atom is 0.337 e. The number of methoxy groups -OCH3 is 1. The van der Waals surface area contributed by atoms with Crippen molar-refractivity contribution in [2.75, 3.05) is 23.9 Å². The van der Waals surface area contributed by atoms with Crippen molar-refractivity contribution in [1.29, 1.82) is 0 Å². The second-order valence-corrected chi connectivity index (χ2v) is 11.2. The van der Waals surface area contributed by atoms with Gasteiger partial charge < -0.3 is 10.1 Å². The Kier molecular flexibility index (Phi) is 5.95. The van der Waals surface area contributed by atoms with Crippen LogP contribution in [0.15, 0.2) is 47.4 Å². The van der Waals surface area contributed by atoms with Crippen LogP contribution in [0.1, 0.15) is 27.1 Å². The summed E-state index contributed by atoms with van der Waals surface area (Å²) in [6, 6.07) is 8.38. The molecule has 11 heteroatoms. The lowest BCUT2D eigenvalue weighted by Crippen LogP contribution is -2.23. The molecule has 1 heterocycles. The molecule has 0 spiro atoms. The normalized spacial score (nSPS) is 18.0. The second-order valence-electron chi connectivity index (χ2n) is 6.73. The van der Waals surface area contributed by atoms with Crippen LogP contribution in [-0.4, -0.2) is 52.6 Å². The summed E-state index contributed by atoms with van der Waals surface area (Å²) in [6.07, 6.45) is -0.0455. The van der Waals surface area contributed by atoms with Gasteiger partial charge in [0.25, 0.3) is 5.91 Å². The molecule has 8 nitrogen and oxygen atoms in total. The standard InChI is InChI=1S/C19H18FNO7S2/c1-28-19(23)12-2-4-13(5-3-12)21-18(22)16-10-14(6-7-17(16)20)30(26,27)15-8-9-29(24,25)11-15/h2-7,10,15H,8-9,11H2,1H3,(H,21,22). The van der Waals surface area contributed by atoms with Gasteiger partial charge in [-0.05, 0) is 48.9 Å². The Labute approximate surface area is 172 Å². The van der Waals surface area contributed by atoms with Crippen molar-refractivity contribution in [3.8, 4) is 0 Å². The number of carbonyl (C=O) groups is 2. The number of hydrogen-bond acceptors (Lipinski definition) is 7. The fourth-order valence-electron chi connectivity index (χ4n) is 3.06. The van der Waals surface area contributed by atoms with Crippen molar-refractivity contribution in [2.45, 2.75) is 16.6 Å². The molecule has 2 aromatic rings. The third kappa shape index (κ3) is 4.51. The number of esters is 1. The van der Waals surface area contributed by atoms with Gasteiger partial charge in [-0.15, -0.1) is 0 Å². The van der Waals surface area contributed by atoms with E-state index in [0.29, 0.717) is 0 Å². The summed E-state index contributed by atoms with van der Waals surface area (Å²) >= 11 is 0. The lowest BCUT2D eigenvalue weighted by Gasteiger charge is -2.12. The number of anilines is 1. The molecule has 1 atom stereocenters. The zero-order chi connectivity index (χ0) is 22.1. The first-order valence-electron chi connectivity index (χ1n) is 8.77. The van der Waals surface area contributed by atoms with E-state index in [1.807, 2.05) is 0 Å². The minimum absolute atomic E-state index is 0.0455. The van der Waals surface area contributed by atoms with Gasteiger partial charge in [-0.2, -0.15) is 0 Å². The van der Waals surface area contributed by atoms with Crippen LogP contribution < -0.4 is 5.32 Å². The van der Waals surface area contributed by atoms with Crippen LogP contribution in [0.25, 0.3) is 0 Å². The van der Waals surface area contributed by atoms with E-state index in [1.54, 1.807) is 0 Å². The maximum absolute atomic E-state index is 14.2. The van der Waals surface area contributed by atoms with Crippen molar-refractivity contribution in [1.82, 2.24) is 0 Å². The summed E-state index contributed by atoms with van der Waals surface area (Å²) in [5.74, 6) is -3.12. The Morgan fingerprint density at radius 2 is 1.80 bits per heavy atom. The van der Waals surface area contributed by atoms with Crippen LogP contribution in [0.4, 0.5) is 10.1 Å². The highest BCUT2D eigenvalue weighted by Gasteiger charge is 2.38. The van der Waals surface area contributed by atoms with Gasteiger partial charge in [0.2, 0.25) is 0 Å². The fourth-order valence-corrected chi connectivity index (χ4v) is 7.44. The SMILES string of the molecule is COC(=O)c1ccc(NC(=O)c2cc(S(=O)(=O)C3CCS(=O)(=O)C3)ccc2F)cc1. The van der Waals surface area contributed by atoms with Gasteiger partial charge in [-0.3, -0.25) is 4.79 Å². The first-order chi connectivity index (χ1) is 14.0. The number of ether oxygens (including phenoxy) is 1. The molecule has 0 bridgehead atoms. The number of amides is 1. The highest BCUT2D eigenvalue weighted by molar-refractivity contribution is 7.96. The number of rotatable bonds is 5. The molecule has 1 aliphatic rings. The lowest BCUT2D eigenvalue weighted by atomic mass is 10.1. The molecule has 0 aromatic heterocycles. The average molecular weight is 455 g/mol. The van der Waals surface area contributed by atoms with Crippen LogP contribution >= 0.6 is 0 Å². The number of carbonyl (C=O) groups excluding carboxylic acids is 2. The molecule has 0 aliphatic carbocycles. The number of nitrogens with one attached hydrogen (secondary N) is 1. The number of hydrogen-bond donors (Lipinski definition) is 1. The van der Waals surface area contributed by atoms with E-state index < -0.39 is 53.9 Å². The Morgan fingerprint density at radius 3 is 2.37 bits per heavy atom. The Morgan fingerprint density at radius 1 is 1.13 bits per heavy atom. The Balaban J connectivity index is 1.84. The van der Waals surface area contributed by atoms with Crippen molar-refractivity contribution >= 4 is 37.2 Å². The molecule has 1 unspecified atom stereocenters. The zero-order valence-electron chi connectivity index (χ0n) is 15.8. The highest BCUT2D eigenvalue weighted by atomic mass is 32.2. The van der Waals surface area contributed by atoms with Crippen molar-refractivity contribution in [3.63, 3.8) is 0 Å². The molecule has 1 N–H and O–H groups in total. The van der Waals surface area contributed by atoms with Crippen molar-refractivity contribution < 1.29 is 35.6 Å². The summed E-state index contributed by atoms with van der Waals surface area (Å²) in [7, 11) is -6.26. The van der Waals surface area contributed by atoms with E-state index in [0.717, 1.165) is 18.2 Å². The first kappa shape index (κ1) is 21.9. The van der Waals surface area contributed by atoms with Crippen LogP contribution in [0.3, 0.4) is 0 Å². The van der Waals surface area contributed by atoms with Gasteiger partial charge in [0.15, 0.2) is 19.7 Å². The molecule has 1 fully saturated rings. The smallest absolute Gasteiger partial charge is 0.337 e. The summed E-state index contributed by atoms with van der Waals surface area (Å²) in [6.45, 7) is 0. The zero-order valence-corrected chi connectivity index (χ0v) is 17.4. The topological polar surface area (TPSA) is 124 Å². The van der Waals surface area contributed by atoms with Gasteiger partial charge in [0.05, 0.1) is 39.9 Å². The van der Waals surface area contributed by atoms with Gasteiger partial charge in [-0.1, -0.05) is 0 Å². The van der Waals surface area contributed by atoms with Crippen molar-refractivity contribution in [2.24, 2.45) is 0 Å². The largest absolute Gasteiger partial charge is 0.465 e. The van der Waals surface area contributed by atoms with Gasteiger partial charge in [0, 0.05) is 5.69 Å². The third-order valence-electron chi connectivity index (χ3n) is 4.70. The predicted octanol–water partition coefficient (Wildman–Crippen LogP) is 1.83. The Hall–Kier alpha value is -2.79. The molecule has 2 aromatic carbocycles. The molecule has 3 rings (SSSR count). The first-order valence-corrected chi connectivity index (χ1v) is 12.1. The molecule has 0 saturated carbocycles. The fraction of sp³-hybridized carbons (Fsp3) is 0.263. The van der Waals surface area contributed by atoms with Crippen LogP contribution in [-0.2, 0) is 24.4 Å². The molecule has 1 saturated heterocycles. The van der Waals surface area contributed by atoms with Gasteiger partial charge in [-0.25, -0.2) is 26.0 Å². The summed E-state index contributed by atoms with van der Waals surface area (Å²) < 4.78 is 67.5. The molecule has 160 valence electrons. The summed E-state index contributed by atoms with van der Waals surface area (Å²) in [4.78, 5) is 23.6. The Bertz CT molecular complexity index is 1210. The molecular weight excluding hydrogens is 437 g/mol. The lowest BCUT2D eigenvalue weighted by molar-refractivity contribution is 0.0600. The second kappa shape index (κ2) is 8.15. The van der Waals surface area contributed by atoms with E-state index in [9.17, 15) is 30.8 Å². The highest BCUT2D eigenvalue weighted by Crippen LogP contribution is 2.27. The molecule has 30 heavy (non-hydrogen) atoms. The number of benzene rings is 2. The number of sulfone groups is 2. The summed E-state index contributed by atoms with van der Waals surface area (Å²) in [5, 5.41) is 1.29. The number of halogens is 1. The summed E-state index contributed by atoms with van der Waals surface area (Å²) in [5.41, 5.74) is -0.00235. The van der Waals surface area contributed by atoms with Crippen LogP contribution in [0, 0.1) is 5.82 Å². The van der Waals surface area contributed by atoms with Crippen molar-refractivity contribution in [3.05, 3.63) is 59.4 Å². The average Bonchev–Trinajstić information content (AvgIpc) is 3.08. The van der Waals surface area contributed by atoms with Gasteiger partial charge in [0.1, 0.15) is 5.82 Å². The quantitative estimate of drug-likeness (QED) is 0.539. The van der Waals surface area contributed by atoms with Gasteiger partial charge >= 0.3 is 5.97 Å². The molecular formula is C19H18FNO7S2. The maximum atomic E-state index is 14.2. The molecule has 1 aliphatic heterocycles. The minimum atomic E-state index is -4.05. The predicted molar refractivity (Wildman–Crippen MR) is 106 cm³/mol. The van der Waals surface area contributed by atoms with E-state index in [1.165, 1.54) is 31.4 Å². The van der Waals surface area contributed by atoms with Crippen LogP contribution in [0.2, 0.25) is 0 Å². The van der Waals surface area contributed by atoms with Crippen LogP contribution in [0.5, 0.6) is 0 Å².